The number of nitrogens with zero attached hydrogens (tertiary/aromatic N) is 5. The van der Waals surface area contributed by atoms with Gasteiger partial charge in [-0.1, -0.05) is 0 Å². The van der Waals surface area contributed by atoms with E-state index in [-0.39, 0.29) is 5.91 Å². The van der Waals surface area contributed by atoms with Crippen molar-refractivity contribution in [1.82, 2.24) is 35.5 Å². The van der Waals surface area contributed by atoms with Crippen LogP contribution in [0, 0.1) is 0 Å². The number of aromatic amines is 1. The van der Waals surface area contributed by atoms with E-state index in [0.717, 1.165) is 16.8 Å². The highest BCUT2D eigenvalue weighted by molar-refractivity contribution is 5.77. The number of nitrogens with one attached hydrogen (secondary N) is 2. The Balaban J connectivity index is 1.48. The van der Waals surface area contributed by atoms with Gasteiger partial charge in [0, 0.05) is 19.0 Å². The molecule has 0 aliphatic rings. The molecule has 9 heteroatoms. The van der Waals surface area contributed by atoms with Gasteiger partial charge in [-0.2, -0.15) is 0 Å². The summed E-state index contributed by atoms with van der Waals surface area (Å²) in [5.74, 6) is 1.44. The van der Waals surface area contributed by atoms with E-state index < -0.39 is 0 Å². The quantitative estimate of drug-likeness (QED) is 0.662. The van der Waals surface area contributed by atoms with Crippen molar-refractivity contribution in [2.75, 3.05) is 7.11 Å². The number of benzene rings is 1. The van der Waals surface area contributed by atoms with Gasteiger partial charge >= 0.3 is 0 Å². The maximum atomic E-state index is 11.8. The Hall–Kier alpha value is -2.97. The average molecular weight is 315 g/mol. The number of hydrogen-bond acceptors (Lipinski definition) is 6. The van der Waals surface area contributed by atoms with Gasteiger partial charge in [-0.15, -0.1) is 5.10 Å². The number of fused-ring (bicyclic) bond motifs is 1. The van der Waals surface area contributed by atoms with E-state index in [9.17, 15) is 4.79 Å². The summed E-state index contributed by atoms with van der Waals surface area (Å²) in [4.78, 5) is 19.4. The predicted molar refractivity (Wildman–Crippen MR) is 81.5 cm³/mol. The van der Waals surface area contributed by atoms with Crippen molar-refractivity contribution in [3.8, 4) is 5.75 Å². The molecule has 3 aromatic rings. The molecular formula is C14H17N7O2. The van der Waals surface area contributed by atoms with Gasteiger partial charge in [0.05, 0.1) is 24.7 Å². The highest BCUT2D eigenvalue weighted by atomic mass is 16.5. The van der Waals surface area contributed by atoms with Gasteiger partial charge < -0.3 is 15.0 Å². The number of aromatic nitrogens is 6. The number of carbonyl (C=O) groups excluding carboxylic acids is 1. The van der Waals surface area contributed by atoms with Gasteiger partial charge in [0.25, 0.3) is 0 Å². The minimum Gasteiger partial charge on any atom is -0.497 e. The van der Waals surface area contributed by atoms with Crippen molar-refractivity contribution < 1.29 is 9.53 Å². The number of aryl methyl sites for hydroxylation is 1. The number of tetrazole rings is 1. The van der Waals surface area contributed by atoms with Crippen LogP contribution in [0.1, 0.15) is 18.7 Å². The smallest absolute Gasteiger partial charge is 0.220 e. The van der Waals surface area contributed by atoms with Crippen LogP contribution in [-0.4, -0.2) is 43.2 Å². The molecule has 9 nitrogen and oxygen atoms in total. The van der Waals surface area contributed by atoms with Crippen LogP contribution in [0.4, 0.5) is 0 Å². The van der Waals surface area contributed by atoms with Gasteiger partial charge in [0.15, 0.2) is 0 Å². The Morgan fingerprint density at radius 2 is 2.35 bits per heavy atom. The minimum atomic E-state index is -0.0314. The van der Waals surface area contributed by atoms with Gasteiger partial charge in [0.2, 0.25) is 5.91 Å². The lowest BCUT2D eigenvalue weighted by Gasteiger charge is -2.03. The summed E-state index contributed by atoms with van der Waals surface area (Å²) in [5, 5.41) is 13.7. The Morgan fingerprint density at radius 1 is 1.43 bits per heavy atom. The van der Waals surface area contributed by atoms with Crippen LogP contribution in [0.2, 0.25) is 0 Å². The zero-order valence-corrected chi connectivity index (χ0v) is 12.7. The molecule has 0 spiro atoms. The molecule has 23 heavy (non-hydrogen) atoms. The summed E-state index contributed by atoms with van der Waals surface area (Å²) < 4.78 is 6.77. The molecule has 0 saturated carbocycles. The fraction of sp³-hybridized carbons (Fsp3) is 0.357. The van der Waals surface area contributed by atoms with Crippen LogP contribution in [0.25, 0.3) is 11.0 Å². The molecule has 0 aliphatic heterocycles. The van der Waals surface area contributed by atoms with E-state index in [2.05, 4.69) is 30.8 Å². The van der Waals surface area contributed by atoms with Crippen LogP contribution in [0.5, 0.6) is 5.75 Å². The number of methoxy groups -OCH3 is 1. The van der Waals surface area contributed by atoms with Crippen LogP contribution >= 0.6 is 0 Å². The minimum absolute atomic E-state index is 0.0314. The number of hydrogen-bond donors (Lipinski definition) is 2. The molecule has 1 aromatic carbocycles. The number of rotatable bonds is 7. The monoisotopic (exact) mass is 315 g/mol. The fourth-order valence-corrected chi connectivity index (χ4v) is 2.21. The van der Waals surface area contributed by atoms with E-state index >= 15 is 0 Å². The first-order valence-corrected chi connectivity index (χ1v) is 7.25. The van der Waals surface area contributed by atoms with Crippen molar-refractivity contribution in [2.24, 2.45) is 0 Å². The Morgan fingerprint density at radius 3 is 3.13 bits per heavy atom. The molecule has 0 saturated heterocycles. The number of imidazole rings is 1. The second kappa shape index (κ2) is 6.86. The van der Waals surface area contributed by atoms with Gasteiger partial charge in [-0.05, 0) is 29.0 Å². The van der Waals surface area contributed by atoms with Crippen LogP contribution in [0.15, 0.2) is 24.5 Å². The number of carbonyl (C=O) groups is 1. The summed E-state index contributed by atoms with van der Waals surface area (Å²) in [6.07, 6.45) is 2.61. The average Bonchev–Trinajstić information content (AvgIpc) is 3.21. The van der Waals surface area contributed by atoms with Crippen molar-refractivity contribution in [3.05, 3.63) is 30.4 Å². The molecule has 0 fully saturated rings. The third kappa shape index (κ3) is 3.82. The van der Waals surface area contributed by atoms with Crippen LogP contribution in [-0.2, 0) is 17.9 Å². The summed E-state index contributed by atoms with van der Waals surface area (Å²) in [7, 11) is 1.62. The van der Waals surface area contributed by atoms with Gasteiger partial charge in [-0.25, -0.2) is 9.67 Å². The molecule has 2 aromatic heterocycles. The van der Waals surface area contributed by atoms with Crippen LogP contribution in [0.3, 0.4) is 0 Å². The van der Waals surface area contributed by atoms with E-state index in [4.69, 9.17) is 4.74 Å². The van der Waals surface area contributed by atoms with E-state index in [1.807, 2.05) is 18.2 Å². The van der Waals surface area contributed by atoms with E-state index in [1.165, 1.54) is 6.33 Å². The maximum absolute atomic E-state index is 11.8. The molecule has 0 bridgehead atoms. The Kier molecular flexibility index (Phi) is 4.46. The van der Waals surface area contributed by atoms with Gasteiger partial charge in [-0.3, -0.25) is 4.79 Å². The fourth-order valence-electron chi connectivity index (χ4n) is 2.21. The largest absolute Gasteiger partial charge is 0.497 e. The lowest BCUT2D eigenvalue weighted by atomic mass is 10.3. The van der Waals surface area contributed by atoms with Crippen molar-refractivity contribution >= 4 is 16.9 Å². The normalized spacial score (nSPS) is 10.8. The first-order chi connectivity index (χ1) is 11.2. The first-order valence-electron chi connectivity index (χ1n) is 7.25. The van der Waals surface area contributed by atoms with Crippen LogP contribution < -0.4 is 10.1 Å². The zero-order valence-electron chi connectivity index (χ0n) is 12.7. The zero-order chi connectivity index (χ0) is 16.1. The summed E-state index contributed by atoms with van der Waals surface area (Å²) in [5.41, 5.74) is 1.72. The van der Waals surface area contributed by atoms with Crippen molar-refractivity contribution in [1.29, 1.82) is 0 Å². The predicted octanol–water partition coefficient (Wildman–Crippen LogP) is 0.655. The van der Waals surface area contributed by atoms with Crippen molar-refractivity contribution in [2.45, 2.75) is 25.9 Å². The Bertz CT molecular complexity index is 782. The molecule has 0 atom stereocenters. The molecule has 2 N–H and O–H groups in total. The maximum Gasteiger partial charge on any atom is 0.220 e. The second-order valence-corrected chi connectivity index (χ2v) is 5.02. The SMILES string of the molecule is COc1ccc2nc(CNC(=O)CCCn3cnnn3)[nH]c2c1. The summed E-state index contributed by atoms with van der Waals surface area (Å²) in [6.45, 7) is 0.978. The summed E-state index contributed by atoms with van der Waals surface area (Å²) in [6, 6.07) is 5.60. The van der Waals surface area contributed by atoms with E-state index in [1.54, 1.807) is 11.8 Å². The number of amides is 1. The van der Waals surface area contributed by atoms with Crippen molar-refractivity contribution in [3.63, 3.8) is 0 Å². The lowest BCUT2D eigenvalue weighted by Crippen LogP contribution is -2.23. The topological polar surface area (TPSA) is 111 Å². The van der Waals surface area contributed by atoms with Gasteiger partial charge in [0.1, 0.15) is 17.9 Å². The molecule has 0 unspecified atom stereocenters. The molecule has 2 heterocycles. The second-order valence-electron chi connectivity index (χ2n) is 5.02. The molecule has 120 valence electrons. The Labute approximate surface area is 132 Å². The molecule has 0 radical (unpaired) electrons. The molecule has 1 amide bonds. The molecule has 3 rings (SSSR count). The lowest BCUT2D eigenvalue weighted by molar-refractivity contribution is -0.121. The third-order valence-corrected chi connectivity index (χ3v) is 3.37. The summed E-state index contributed by atoms with van der Waals surface area (Å²) >= 11 is 0. The molecule has 0 aliphatic carbocycles. The number of H-pyrrole nitrogens is 1. The number of ether oxygens (including phenoxy) is 1. The standard InChI is InChI=1S/C14H17N7O2/c1-23-10-4-5-11-12(7-10)18-13(17-11)8-15-14(22)3-2-6-21-9-16-19-20-21/h4-5,7,9H,2-3,6,8H2,1H3,(H,15,22)(H,17,18). The molecular weight excluding hydrogens is 298 g/mol. The highest BCUT2D eigenvalue weighted by Crippen LogP contribution is 2.18. The van der Waals surface area contributed by atoms with E-state index in [0.29, 0.717) is 31.8 Å². The highest BCUT2D eigenvalue weighted by Gasteiger charge is 2.06. The first kappa shape index (κ1) is 14.9. The third-order valence-electron chi connectivity index (χ3n) is 3.37.